The molecule has 0 bridgehead atoms. The van der Waals surface area contributed by atoms with Gasteiger partial charge >= 0.3 is 0 Å². The lowest BCUT2D eigenvalue weighted by molar-refractivity contribution is 0.0982. The fourth-order valence-corrected chi connectivity index (χ4v) is 1.42. The Morgan fingerprint density at radius 2 is 2.21 bits per heavy atom. The topological polar surface area (TPSA) is 52.3 Å². The zero-order chi connectivity index (χ0) is 10.6. The number of nitrogens with two attached hydrogens (primary N) is 1. The zero-order valence-electron chi connectivity index (χ0n) is 8.54. The van der Waals surface area contributed by atoms with Gasteiger partial charge in [0.15, 0.2) is 5.78 Å². The molecule has 0 aliphatic heterocycles. The Kier molecular flexibility index (Phi) is 3.65. The van der Waals surface area contributed by atoms with Gasteiger partial charge in [0.25, 0.3) is 0 Å². The van der Waals surface area contributed by atoms with Crippen molar-refractivity contribution in [3.05, 3.63) is 29.3 Å². The molecule has 0 saturated heterocycles. The maximum atomic E-state index is 11.7. The summed E-state index contributed by atoms with van der Waals surface area (Å²) in [6.07, 6.45) is 0.362. The second-order valence-electron chi connectivity index (χ2n) is 3.11. The first kappa shape index (κ1) is 10.7. The maximum Gasteiger partial charge on any atom is 0.168 e. The number of benzene rings is 1. The Morgan fingerprint density at radius 1 is 1.50 bits per heavy atom. The van der Waals surface area contributed by atoms with Crippen LogP contribution in [-0.2, 0) is 0 Å². The average Bonchev–Trinajstić information content (AvgIpc) is 2.17. The number of rotatable bonds is 4. The van der Waals surface area contributed by atoms with Crippen molar-refractivity contribution in [1.82, 2.24) is 0 Å². The summed E-state index contributed by atoms with van der Waals surface area (Å²) in [5.41, 5.74) is 6.93. The zero-order valence-corrected chi connectivity index (χ0v) is 8.54. The molecule has 0 atom stereocenters. The van der Waals surface area contributed by atoms with Gasteiger partial charge in [0.05, 0.1) is 12.7 Å². The van der Waals surface area contributed by atoms with E-state index in [0.717, 1.165) is 5.56 Å². The Labute approximate surface area is 83.9 Å². The quantitative estimate of drug-likeness (QED) is 0.738. The van der Waals surface area contributed by atoms with Crippen LogP contribution in [0.4, 0.5) is 0 Å². The first-order valence-corrected chi connectivity index (χ1v) is 4.57. The highest BCUT2D eigenvalue weighted by Crippen LogP contribution is 2.22. The number of Topliss-reactive ketones (excluding diaryl/α,β-unsaturated/α-hetero) is 1. The summed E-state index contributed by atoms with van der Waals surface area (Å²) in [4.78, 5) is 11.7. The molecule has 14 heavy (non-hydrogen) atoms. The molecule has 76 valence electrons. The first-order valence-electron chi connectivity index (χ1n) is 4.57. The van der Waals surface area contributed by atoms with Gasteiger partial charge < -0.3 is 10.5 Å². The second kappa shape index (κ2) is 4.77. The number of methoxy groups -OCH3 is 1. The van der Waals surface area contributed by atoms with Crippen LogP contribution >= 0.6 is 0 Å². The summed E-state index contributed by atoms with van der Waals surface area (Å²) in [7, 11) is 1.56. The lowest BCUT2D eigenvalue weighted by Crippen LogP contribution is -2.10. The highest BCUT2D eigenvalue weighted by Gasteiger charge is 2.13. The summed E-state index contributed by atoms with van der Waals surface area (Å²) in [6, 6.07) is 5.55. The molecule has 0 aromatic heterocycles. The van der Waals surface area contributed by atoms with Gasteiger partial charge in [-0.2, -0.15) is 0 Å². The molecule has 0 spiro atoms. The molecule has 0 fully saturated rings. The maximum absolute atomic E-state index is 11.7. The molecular formula is C11H15NO2. The van der Waals surface area contributed by atoms with Crippen LogP contribution in [0, 0.1) is 6.92 Å². The van der Waals surface area contributed by atoms with Crippen molar-refractivity contribution in [2.45, 2.75) is 13.3 Å². The molecule has 0 radical (unpaired) electrons. The number of carbonyl (C=O) groups excluding carboxylic acids is 1. The van der Waals surface area contributed by atoms with Crippen LogP contribution < -0.4 is 10.5 Å². The molecule has 3 heteroatoms. The minimum atomic E-state index is 0.0439. The normalized spacial score (nSPS) is 9.93. The minimum absolute atomic E-state index is 0.0439. The lowest BCUT2D eigenvalue weighted by atomic mass is 10.0. The highest BCUT2D eigenvalue weighted by molar-refractivity contribution is 6.00. The second-order valence-corrected chi connectivity index (χ2v) is 3.11. The van der Waals surface area contributed by atoms with Gasteiger partial charge in [-0.25, -0.2) is 0 Å². The van der Waals surface area contributed by atoms with E-state index in [2.05, 4.69) is 0 Å². The predicted octanol–water partition coefficient (Wildman–Crippen LogP) is 1.54. The van der Waals surface area contributed by atoms with Crippen LogP contribution in [-0.4, -0.2) is 19.4 Å². The molecular weight excluding hydrogens is 178 g/mol. The number of aryl methyl sites for hydroxylation is 1. The largest absolute Gasteiger partial charge is 0.496 e. The van der Waals surface area contributed by atoms with Crippen molar-refractivity contribution in [3.8, 4) is 5.75 Å². The lowest BCUT2D eigenvalue weighted by Gasteiger charge is -2.09. The van der Waals surface area contributed by atoms with Crippen LogP contribution in [0.2, 0.25) is 0 Å². The van der Waals surface area contributed by atoms with E-state index in [-0.39, 0.29) is 5.78 Å². The molecule has 0 amide bonds. The van der Waals surface area contributed by atoms with Crippen LogP contribution in [0.5, 0.6) is 5.75 Å². The van der Waals surface area contributed by atoms with E-state index in [0.29, 0.717) is 24.3 Å². The van der Waals surface area contributed by atoms with E-state index in [4.69, 9.17) is 10.5 Å². The van der Waals surface area contributed by atoms with Gasteiger partial charge in [-0.1, -0.05) is 12.1 Å². The highest BCUT2D eigenvalue weighted by atomic mass is 16.5. The predicted molar refractivity (Wildman–Crippen MR) is 55.7 cm³/mol. The molecule has 1 aromatic rings. The summed E-state index contributed by atoms with van der Waals surface area (Å²) in [6.45, 7) is 2.27. The summed E-state index contributed by atoms with van der Waals surface area (Å²) < 4.78 is 5.13. The molecule has 1 aromatic carbocycles. The summed E-state index contributed by atoms with van der Waals surface area (Å²) in [5.74, 6) is 0.672. The molecule has 2 N–H and O–H groups in total. The van der Waals surface area contributed by atoms with Gasteiger partial charge in [-0.3, -0.25) is 4.79 Å². The fourth-order valence-electron chi connectivity index (χ4n) is 1.42. The van der Waals surface area contributed by atoms with E-state index in [9.17, 15) is 4.79 Å². The standard InChI is InChI=1S/C11H15NO2/c1-8-4-3-5-10(14-2)11(8)9(13)6-7-12/h3-5H,6-7,12H2,1-2H3. The van der Waals surface area contributed by atoms with Gasteiger partial charge in [0, 0.05) is 6.42 Å². The Bertz CT molecular complexity index is 334. The first-order chi connectivity index (χ1) is 6.70. The van der Waals surface area contributed by atoms with Crippen molar-refractivity contribution in [3.63, 3.8) is 0 Å². The molecule has 0 heterocycles. The average molecular weight is 193 g/mol. The Morgan fingerprint density at radius 3 is 2.79 bits per heavy atom. The number of hydrogen-bond acceptors (Lipinski definition) is 3. The minimum Gasteiger partial charge on any atom is -0.496 e. The third kappa shape index (κ3) is 2.12. The van der Waals surface area contributed by atoms with Gasteiger partial charge in [0.2, 0.25) is 0 Å². The molecule has 0 aliphatic rings. The fraction of sp³-hybridized carbons (Fsp3) is 0.364. The number of carbonyl (C=O) groups is 1. The summed E-state index contributed by atoms with van der Waals surface area (Å²) >= 11 is 0. The monoisotopic (exact) mass is 193 g/mol. The number of hydrogen-bond donors (Lipinski definition) is 1. The Hall–Kier alpha value is -1.35. The molecule has 0 aliphatic carbocycles. The molecule has 3 nitrogen and oxygen atoms in total. The molecule has 0 saturated carbocycles. The van der Waals surface area contributed by atoms with E-state index in [1.165, 1.54) is 0 Å². The van der Waals surface area contributed by atoms with Crippen LogP contribution in [0.25, 0.3) is 0 Å². The number of ether oxygens (including phenoxy) is 1. The van der Waals surface area contributed by atoms with Crippen molar-refractivity contribution < 1.29 is 9.53 Å². The molecule has 1 rings (SSSR count). The van der Waals surface area contributed by atoms with E-state index < -0.39 is 0 Å². The van der Waals surface area contributed by atoms with Crippen molar-refractivity contribution in [2.24, 2.45) is 5.73 Å². The van der Waals surface area contributed by atoms with Gasteiger partial charge in [-0.05, 0) is 25.1 Å². The molecule has 0 unspecified atom stereocenters. The van der Waals surface area contributed by atoms with Gasteiger partial charge in [-0.15, -0.1) is 0 Å². The van der Waals surface area contributed by atoms with E-state index >= 15 is 0 Å². The van der Waals surface area contributed by atoms with Crippen molar-refractivity contribution >= 4 is 5.78 Å². The van der Waals surface area contributed by atoms with Crippen molar-refractivity contribution in [1.29, 1.82) is 0 Å². The summed E-state index contributed by atoms with van der Waals surface area (Å²) in [5, 5.41) is 0. The number of ketones is 1. The van der Waals surface area contributed by atoms with Gasteiger partial charge in [0.1, 0.15) is 5.75 Å². The van der Waals surface area contributed by atoms with Crippen molar-refractivity contribution in [2.75, 3.05) is 13.7 Å². The third-order valence-corrected chi connectivity index (χ3v) is 2.10. The van der Waals surface area contributed by atoms with Crippen LogP contribution in [0.3, 0.4) is 0 Å². The van der Waals surface area contributed by atoms with E-state index in [1.807, 2.05) is 19.1 Å². The third-order valence-electron chi connectivity index (χ3n) is 2.10. The SMILES string of the molecule is COc1cccc(C)c1C(=O)CCN. The van der Waals surface area contributed by atoms with Crippen LogP contribution in [0.15, 0.2) is 18.2 Å². The van der Waals surface area contributed by atoms with E-state index in [1.54, 1.807) is 13.2 Å². The Balaban J connectivity index is 3.10. The van der Waals surface area contributed by atoms with Crippen LogP contribution in [0.1, 0.15) is 22.3 Å². The smallest absolute Gasteiger partial charge is 0.168 e.